The van der Waals surface area contributed by atoms with E-state index in [4.69, 9.17) is 20.8 Å². The minimum atomic E-state index is -0.159. The predicted molar refractivity (Wildman–Crippen MR) is 123 cm³/mol. The number of hydrogen-bond acceptors (Lipinski definition) is 7. The second kappa shape index (κ2) is 10.1. The van der Waals surface area contributed by atoms with Crippen LogP contribution in [-0.4, -0.2) is 41.6 Å². The van der Waals surface area contributed by atoms with E-state index in [1.165, 1.54) is 11.8 Å². The number of amides is 1. The summed E-state index contributed by atoms with van der Waals surface area (Å²) in [4.78, 5) is 14.8. The molecule has 1 fully saturated rings. The smallest absolute Gasteiger partial charge is 0.277 e. The van der Waals surface area contributed by atoms with Crippen LogP contribution in [0.5, 0.6) is 5.75 Å². The maximum atomic E-state index is 12.5. The molecule has 0 aliphatic carbocycles. The molecule has 7 nitrogen and oxygen atoms in total. The number of thioether (sulfide) groups is 1. The Morgan fingerprint density at radius 1 is 1.19 bits per heavy atom. The third-order valence-electron chi connectivity index (χ3n) is 4.82. The fourth-order valence-electron chi connectivity index (χ4n) is 3.40. The first-order valence-corrected chi connectivity index (χ1v) is 11.5. The zero-order valence-electron chi connectivity index (χ0n) is 17.1. The summed E-state index contributed by atoms with van der Waals surface area (Å²) < 4.78 is 11.1. The Morgan fingerprint density at radius 2 is 1.97 bits per heavy atom. The van der Waals surface area contributed by atoms with Gasteiger partial charge >= 0.3 is 0 Å². The molecule has 3 aromatic rings. The van der Waals surface area contributed by atoms with Crippen LogP contribution in [0.3, 0.4) is 0 Å². The summed E-state index contributed by atoms with van der Waals surface area (Å²) in [6, 6.07) is 13.0. The maximum Gasteiger partial charge on any atom is 0.277 e. The highest BCUT2D eigenvalue weighted by molar-refractivity contribution is 7.99. The maximum absolute atomic E-state index is 12.5. The Kier molecular flexibility index (Phi) is 6.99. The van der Waals surface area contributed by atoms with Crippen molar-refractivity contribution in [2.45, 2.75) is 25.0 Å². The quantitative estimate of drug-likeness (QED) is 0.469. The van der Waals surface area contributed by atoms with E-state index in [2.05, 4.69) is 20.4 Å². The lowest BCUT2D eigenvalue weighted by atomic mass is 10.2. The minimum Gasteiger partial charge on any atom is -0.494 e. The van der Waals surface area contributed by atoms with Crippen LogP contribution in [0.2, 0.25) is 5.02 Å². The summed E-state index contributed by atoms with van der Waals surface area (Å²) in [7, 11) is 0. The predicted octanol–water partition coefficient (Wildman–Crippen LogP) is 5.12. The first kappa shape index (κ1) is 21.5. The molecule has 2 aromatic carbocycles. The van der Waals surface area contributed by atoms with Gasteiger partial charge < -0.3 is 19.4 Å². The van der Waals surface area contributed by atoms with Crippen molar-refractivity contribution < 1.29 is 13.9 Å². The molecule has 0 radical (unpaired) electrons. The number of hydrogen-bond donors (Lipinski definition) is 1. The Bertz CT molecular complexity index is 1040. The Balaban J connectivity index is 1.36. The lowest BCUT2D eigenvalue weighted by Gasteiger charge is -2.21. The number of anilines is 2. The van der Waals surface area contributed by atoms with E-state index in [1.807, 2.05) is 43.3 Å². The molecule has 4 rings (SSSR count). The molecule has 0 spiro atoms. The molecule has 1 aliphatic heterocycles. The number of benzene rings is 2. The molecular formula is C22H23ClN4O3S. The topological polar surface area (TPSA) is 80.5 Å². The first-order chi connectivity index (χ1) is 15.1. The van der Waals surface area contributed by atoms with E-state index in [-0.39, 0.29) is 11.7 Å². The Labute approximate surface area is 190 Å². The average molecular weight is 459 g/mol. The molecule has 9 heteroatoms. The van der Waals surface area contributed by atoms with Crippen molar-refractivity contribution >= 4 is 40.6 Å². The van der Waals surface area contributed by atoms with Crippen molar-refractivity contribution in [1.82, 2.24) is 10.2 Å². The standard InChI is InChI=1S/C22H23ClN4O3S/c1-2-29-17-8-5-15(6-9-17)21-25-26-22(30-21)31-14-20(28)24-18-13-16(23)7-10-19(18)27-11-3-4-12-27/h5-10,13H,2-4,11-12,14H2,1H3,(H,24,28). The van der Waals surface area contributed by atoms with Crippen LogP contribution in [0.15, 0.2) is 52.1 Å². The monoisotopic (exact) mass is 458 g/mol. The van der Waals surface area contributed by atoms with Crippen LogP contribution in [0.4, 0.5) is 11.4 Å². The van der Waals surface area contributed by atoms with Gasteiger partial charge in [-0.1, -0.05) is 23.4 Å². The van der Waals surface area contributed by atoms with Gasteiger partial charge in [-0.2, -0.15) is 0 Å². The summed E-state index contributed by atoms with van der Waals surface area (Å²) in [6.45, 7) is 4.51. The molecule has 0 unspecified atom stereocenters. The van der Waals surface area contributed by atoms with Crippen molar-refractivity contribution in [3.05, 3.63) is 47.5 Å². The van der Waals surface area contributed by atoms with Crippen LogP contribution in [0.25, 0.3) is 11.5 Å². The highest BCUT2D eigenvalue weighted by Gasteiger charge is 2.18. The molecule has 0 atom stereocenters. The van der Waals surface area contributed by atoms with E-state index in [0.29, 0.717) is 22.7 Å². The summed E-state index contributed by atoms with van der Waals surface area (Å²) in [6.07, 6.45) is 2.30. The molecule has 1 N–H and O–H groups in total. The zero-order chi connectivity index (χ0) is 21.6. The van der Waals surface area contributed by atoms with Gasteiger partial charge in [0.1, 0.15) is 5.75 Å². The van der Waals surface area contributed by atoms with Gasteiger partial charge in [-0.25, -0.2) is 0 Å². The highest BCUT2D eigenvalue weighted by Crippen LogP contribution is 2.32. The summed E-state index contributed by atoms with van der Waals surface area (Å²) >= 11 is 7.35. The number of nitrogens with zero attached hydrogens (tertiary/aromatic N) is 3. The molecule has 1 saturated heterocycles. The summed E-state index contributed by atoms with van der Waals surface area (Å²) in [5, 5.41) is 12.0. The third kappa shape index (κ3) is 5.51. The molecule has 1 aromatic heterocycles. The van der Waals surface area contributed by atoms with E-state index >= 15 is 0 Å². The van der Waals surface area contributed by atoms with Gasteiger partial charge in [0.05, 0.1) is 23.7 Å². The second-order valence-electron chi connectivity index (χ2n) is 7.02. The fraction of sp³-hybridized carbons (Fsp3) is 0.318. The van der Waals surface area contributed by atoms with Gasteiger partial charge in [-0.15, -0.1) is 10.2 Å². The van der Waals surface area contributed by atoms with Gasteiger partial charge in [0.25, 0.3) is 5.22 Å². The van der Waals surface area contributed by atoms with Crippen LogP contribution in [0.1, 0.15) is 19.8 Å². The number of carbonyl (C=O) groups excluding carboxylic acids is 1. The van der Waals surface area contributed by atoms with E-state index < -0.39 is 0 Å². The lowest BCUT2D eigenvalue weighted by molar-refractivity contribution is -0.113. The first-order valence-electron chi connectivity index (χ1n) is 10.2. The number of carbonyl (C=O) groups is 1. The van der Waals surface area contributed by atoms with Crippen molar-refractivity contribution in [3.63, 3.8) is 0 Å². The molecule has 31 heavy (non-hydrogen) atoms. The number of nitrogens with one attached hydrogen (secondary N) is 1. The third-order valence-corrected chi connectivity index (χ3v) is 5.88. The molecular weight excluding hydrogens is 436 g/mol. The van der Waals surface area contributed by atoms with Crippen molar-refractivity contribution in [2.24, 2.45) is 0 Å². The molecule has 0 saturated carbocycles. The fourth-order valence-corrected chi connectivity index (χ4v) is 4.14. The minimum absolute atomic E-state index is 0.150. The summed E-state index contributed by atoms with van der Waals surface area (Å²) in [5.41, 5.74) is 2.51. The molecule has 1 amide bonds. The molecule has 2 heterocycles. The number of halogens is 1. The van der Waals surface area contributed by atoms with Crippen LogP contribution >= 0.6 is 23.4 Å². The van der Waals surface area contributed by atoms with E-state index in [0.717, 1.165) is 48.6 Å². The van der Waals surface area contributed by atoms with Gasteiger partial charge in [-0.05, 0) is 62.2 Å². The Morgan fingerprint density at radius 3 is 2.71 bits per heavy atom. The van der Waals surface area contributed by atoms with Crippen molar-refractivity contribution in [3.8, 4) is 17.2 Å². The molecule has 0 bridgehead atoms. The van der Waals surface area contributed by atoms with Gasteiger partial charge in [0.15, 0.2) is 0 Å². The van der Waals surface area contributed by atoms with E-state index in [9.17, 15) is 4.79 Å². The van der Waals surface area contributed by atoms with E-state index in [1.54, 1.807) is 6.07 Å². The number of rotatable bonds is 8. The molecule has 162 valence electrons. The van der Waals surface area contributed by atoms with Crippen molar-refractivity contribution in [2.75, 3.05) is 35.7 Å². The van der Waals surface area contributed by atoms with Crippen LogP contribution in [0, 0.1) is 0 Å². The average Bonchev–Trinajstić information content (AvgIpc) is 3.46. The number of aromatic nitrogens is 2. The van der Waals surface area contributed by atoms with Gasteiger partial charge in [-0.3, -0.25) is 4.79 Å². The van der Waals surface area contributed by atoms with Crippen molar-refractivity contribution in [1.29, 1.82) is 0 Å². The van der Waals surface area contributed by atoms with Gasteiger partial charge in [0.2, 0.25) is 11.8 Å². The SMILES string of the molecule is CCOc1ccc(-c2nnc(SCC(=O)Nc3cc(Cl)ccc3N3CCCC3)o2)cc1. The lowest BCUT2D eigenvalue weighted by Crippen LogP contribution is -2.21. The van der Waals surface area contributed by atoms with Gasteiger partial charge in [0, 0.05) is 23.7 Å². The van der Waals surface area contributed by atoms with Crippen LogP contribution in [-0.2, 0) is 4.79 Å². The Hall–Kier alpha value is -2.71. The van der Waals surface area contributed by atoms with Crippen LogP contribution < -0.4 is 15.0 Å². The normalized spacial score (nSPS) is 13.4. The summed E-state index contributed by atoms with van der Waals surface area (Å²) in [5.74, 6) is 1.17. The molecule has 1 aliphatic rings. The second-order valence-corrected chi connectivity index (χ2v) is 8.39. The number of ether oxygens (including phenoxy) is 1. The highest BCUT2D eigenvalue weighted by atomic mass is 35.5. The zero-order valence-corrected chi connectivity index (χ0v) is 18.7. The largest absolute Gasteiger partial charge is 0.494 e.